The minimum atomic E-state index is -2.78. The molecule has 0 aliphatic heterocycles. The molecule has 0 aromatic heterocycles. The molecule has 1 unspecified atom stereocenters. The molecule has 0 saturated heterocycles. The molecule has 1 rings (SSSR count). The molecule has 2 nitrogen and oxygen atoms in total. The van der Waals surface area contributed by atoms with E-state index in [2.05, 4.69) is 30.5 Å². The van der Waals surface area contributed by atoms with E-state index in [4.69, 9.17) is 0 Å². The summed E-state index contributed by atoms with van der Waals surface area (Å²) in [6.07, 6.45) is 2.84. The largest absolute Gasteiger partial charge is 0.435 e. The van der Waals surface area contributed by atoms with Crippen LogP contribution in [-0.4, -0.2) is 13.2 Å². The van der Waals surface area contributed by atoms with Gasteiger partial charge in [0.05, 0.1) is 0 Å². The van der Waals surface area contributed by atoms with Gasteiger partial charge in [0.15, 0.2) is 0 Å². The zero-order valence-electron chi connectivity index (χ0n) is 12.2. The highest BCUT2D eigenvalue weighted by Crippen LogP contribution is 2.24. The van der Waals surface area contributed by atoms with Crippen LogP contribution in [0.4, 0.5) is 8.78 Å². The SMILES string of the molecule is C=C(CC)CC(NCCC)c1ccc(OC(F)F)cc1. The van der Waals surface area contributed by atoms with E-state index >= 15 is 0 Å². The number of halogens is 2. The smallest absolute Gasteiger partial charge is 0.387 e. The monoisotopic (exact) mass is 283 g/mol. The van der Waals surface area contributed by atoms with Gasteiger partial charge in [-0.3, -0.25) is 0 Å². The summed E-state index contributed by atoms with van der Waals surface area (Å²) in [4.78, 5) is 0. The van der Waals surface area contributed by atoms with E-state index in [0.29, 0.717) is 0 Å². The van der Waals surface area contributed by atoms with Gasteiger partial charge in [-0.2, -0.15) is 8.78 Å². The summed E-state index contributed by atoms with van der Waals surface area (Å²) in [6.45, 7) is 6.36. The van der Waals surface area contributed by atoms with Crippen LogP contribution in [0, 0.1) is 0 Å². The quantitative estimate of drug-likeness (QED) is 0.664. The van der Waals surface area contributed by atoms with Crippen LogP contribution in [0.2, 0.25) is 0 Å². The molecule has 0 bridgehead atoms. The topological polar surface area (TPSA) is 21.3 Å². The Labute approximate surface area is 119 Å². The van der Waals surface area contributed by atoms with Gasteiger partial charge in [0.1, 0.15) is 5.75 Å². The third-order valence-corrected chi connectivity index (χ3v) is 3.14. The molecule has 0 radical (unpaired) electrons. The lowest BCUT2D eigenvalue weighted by atomic mass is 9.98. The third kappa shape index (κ3) is 5.70. The summed E-state index contributed by atoms with van der Waals surface area (Å²) >= 11 is 0. The minimum Gasteiger partial charge on any atom is -0.435 e. The first-order chi connectivity index (χ1) is 9.56. The first-order valence-corrected chi connectivity index (χ1v) is 7.01. The van der Waals surface area contributed by atoms with Crippen molar-refractivity contribution in [3.8, 4) is 5.75 Å². The summed E-state index contributed by atoms with van der Waals surface area (Å²) in [5.41, 5.74) is 2.24. The zero-order chi connectivity index (χ0) is 15.0. The lowest BCUT2D eigenvalue weighted by Gasteiger charge is -2.20. The Morgan fingerprint density at radius 2 is 1.90 bits per heavy atom. The number of rotatable bonds is 9. The number of nitrogens with one attached hydrogen (secondary N) is 1. The van der Waals surface area contributed by atoms with Crippen molar-refractivity contribution < 1.29 is 13.5 Å². The van der Waals surface area contributed by atoms with Crippen LogP contribution in [0.5, 0.6) is 5.75 Å². The Hall–Kier alpha value is -1.42. The molecule has 4 heteroatoms. The van der Waals surface area contributed by atoms with Crippen molar-refractivity contribution >= 4 is 0 Å². The second-order valence-corrected chi connectivity index (χ2v) is 4.76. The molecule has 0 amide bonds. The lowest BCUT2D eigenvalue weighted by molar-refractivity contribution is -0.0498. The first-order valence-electron chi connectivity index (χ1n) is 7.01. The molecular weight excluding hydrogens is 260 g/mol. The number of hydrogen-bond donors (Lipinski definition) is 1. The van der Waals surface area contributed by atoms with Crippen molar-refractivity contribution in [2.24, 2.45) is 0 Å². The molecular formula is C16H23F2NO. The van der Waals surface area contributed by atoms with Gasteiger partial charge in [-0.15, -0.1) is 0 Å². The van der Waals surface area contributed by atoms with Gasteiger partial charge in [-0.25, -0.2) is 0 Å². The van der Waals surface area contributed by atoms with Crippen LogP contribution in [0.1, 0.15) is 44.7 Å². The second-order valence-electron chi connectivity index (χ2n) is 4.76. The second kappa shape index (κ2) is 8.69. The highest BCUT2D eigenvalue weighted by Gasteiger charge is 2.12. The summed E-state index contributed by atoms with van der Waals surface area (Å²) in [5, 5.41) is 3.46. The van der Waals surface area contributed by atoms with Crippen molar-refractivity contribution in [1.82, 2.24) is 5.32 Å². The van der Waals surface area contributed by atoms with Gasteiger partial charge in [-0.1, -0.05) is 38.1 Å². The average molecular weight is 283 g/mol. The van der Waals surface area contributed by atoms with E-state index in [1.54, 1.807) is 12.1 Å². The Bertz CT molecular complexity index is 403. The molecule has 1 N–H and O–H groups in total. The summed E-state index contributed by atoms with van der Waals surface area (Å²) in [7, 11) is 0. The number of ether oxygens (including phenoxy) is 1. The van der Waals surface area contributed by atoms with E-state index in [1.165, 1.54) is 5.57 Å². The fraction of sp³-hybridized carbons (Fsp3) is 0.500. The Balaban J connectivity index is 2.76. The van der Waals surface area contributed by atoms with Crippen molar-refractivity contribution in [2.45, 2.75) is 45.8 Å². The first kappa shape index (κ1) is 16.6. The molecule has 0 spiro atoms. The van der Waals surface area contributed by atoms with Crippen molar-refractivity contribution in [1.29, 1.82) is 0 Å². The van der Waals surface area contributed by atoms with Crippen LogP contribution < -0.4 is 10.1 Å². The average Bonchev–Trinajstić information content (AvgIpc) is 2.43. The standard InChI is InChI=1S/C16H23F2NO/c1-4-10-19-15(11-12(3)5-2)13-6-8-14(9-7-13)20-16(17)18/h6-9,15-16,19H,3-5,10-11H2,1-2H3. The highest BCUT2D eigenvalue weighted by atomic mass is 19.3. The maximum atomic E-state index is 12.1. The predicted molar refractivity (Wildman–Crippen MR) is 78.2 cm³/mol. The van der Waals surface area contributed by atoms with Gasteiger partial charge < -0.3 is 10.1 Å². The van der Waals surface area contributed by atoms with E-state index < -0.39 is 6.61 Å². The fourth-order valence-electron chi connectivity index (χ4n) is 1.94. The summed E-state index contributed by atoms with van der Waals surface area (Å²) in [5.74, 6) is 0.187. The van der Waals surface area contributed by atoms with Gasteiger partial charge in [0, 0.05) is 6.04 Å². The third-order valence-electron chi connectivity index (χ3n) is 3.14. The van der Waals surface area contributed by atoms with E-state index in [0.717, 1.165) is 31.4 Å². The molecule has 112 valence electrons. The van der Waals surface area contributed by atoms with Crippen LogP contribution in [0.15, 0.2) is 36.4 Å². The number of alkyl halides is 2. The van der Waals surface area contributed by atoms with Gasteiger partial charge in [0.25, 0.3) is 0 Å². The highest BCUT2D eigenvalue weighted by molar-refractivity contribution is 5.30. The lowest BCUT2D eigenvalue weighted by Crippen LogP contribution is -2.22. The number of benzene rings is 1. The van der Waals surface area contributed by atoms with Crippen LogP contribution in [-0.2, 0) is 0 Å². The molecule has 0 heterocycles. The molecule has 20 heavy (non-hydrogen) atoms. The Morgan fingerprint density at radius 1 is 1.25 bits per heavy atom. The van der Waals surface area contributed by atoms with Crippen LogP contribution in [0.3, 0.4) is 0 Å². The van der Waals surface area contributed by atoms with Crippen LogP contribution in [0.25, 0.3) is 0 Å². The molecule has 0 aliphatic rings. The van der Waals surface area contributed by atoms with Gasteiger partial charge >= 0.3 is 6.61 Å². The van der Waals surface area contributed by atoms with E-state index in [9.17, 15) is 8.78 Å². The predicted octanol–water partition coefficient (Wildman–Crippen LogP) is 4.69. The van der Waals surface area contributed by atoms with E-state index in [-0.39, 0.29) is 11.8 Å². The molecule has 1 aromatic carbocycles. The normalized spacial score (nSPS) is 12.4. The van der Waals surface area contributed by atoms with Crippen molar-refractivity contribution in [3.63, 3.8) is 0 Å². The van der Waals surface area contributed by atoms with Gasteiger partial charge in [0.2, 0.25) is 0 Å². The maximum Gasteiger partial charge on any atom is 0.387 e. The zero-order valence-corrected chi connectivity index (χ0v) is 12.2. The van der Waals surface area contributed by atoms with E-state index in [1.807, 2.05) is 12.1 Å². The minimum absolute atomic E-state index is 0.169. The fourth-order valence-corrected chi connectivity index (χ4v) is 1.94. The van der Waals surface area contributed by atoms with Crippen molar-refractivity contribution in [3.05, 3.63) is 42.0 Å². The molecule has 1 atom stereocenters. The van der Waals surface area contributed by atoms with Crippen LogP contribution >= 0.6 is 0 Å². The maximum absolute atomic E-state index is 12.1. The molecule has 1 aromatic rings. The molecule has 0 aliphatic carbocycles. The molecule has 0 saturated carbocycles. The van der Waals surface area contributed by atoms with Crippen molar-refractivity contribution in [2.75, 3.05) is 6.54 Å². The Morgan fingerprint density at radius 3 is 2.40 bits per heavy atom. The van der Waals surface area contributed by atoms with Gasteiger partial charge in [-0.05, 0) is 43.5 Å². The molecule has 0 fully saturated rings. The summed E-state index contributed by atoms with van der Waals surface area (Å²) in [6, 6.07) is 6.98. The number of hydrogen-bond acceptors (Lipinski definition) is 2. The Kier molecular flexibility index (Phi) is 7.23. The summed E-state index contributed by atoms with van der Waals surface area (Å²) < 4.78 is 28.6.